The van der Waals surface area contributed by atoms with E-state index in [1.807, 2.05) is 43.3 Å². The molecule has 5 rings (SSSR count). The van der Waals surface area contributed by atoms with Crippen LogP contribution in [0.15, 0.2) is 67.1 Å². The minimum atomic E-state index is 0.262. The molecule has 4 aromatic heterocycles. The van der Waals surface area contributed by atoms with Crippen LogP contribution < -0.4 is 5.73 Å². The third-order valence-corrected chi connectivity index (χ3v) is 5.15. The number of nitrogen functional groups attached to an aromatic ring is 1. The predicted octanol–water partition coefficient (Wildman–Crippen LogP) is 3.60. The van der Waals surface area contributed by atoms with Gasteiger partial charge in [0.2, 0.25) is 0 Å². The Morgan fingerprint density at radius 2 is 1.97 bits per heavy atom. The van der Waals surface area contributed by atoms with Crippen molar-refractivity contribution in [3.8, 4) is 28.6 Å². The van der Waals surface area contributed by atoms with Gasteiger partial charge in [0.1, 0.15) is 5.69 Å². The second-order valence-electron chi connectivity index (χ2n) is 7.34. The zero-order valence-corrected chi connectivity index (χ0v) is 17.3. The van der Waals surface area contributed by atoms with Crippen LogP contribution in [0, 0.1) is 18.3 Å². The molecule has 4 heterocycles. The third-order valence-electron chi connectivity index (χ3n) is 5.15. The molecule has 0 aliphatic heterocycles. The van der Waals surface area contributed by atoms with E-state index >= 15 is 0 Å². The van der Waals surface area contributed by atoms with Gasteiger partial charge < -0.3 is 5.73 Å². The number of aryl methyl sites for hydroxylation is 1. The molecule has 154 valence electrons. The molecule has 0 amide bonds. The molecule has 0 aliphatic rings. The van der Waals surface area contributed by atoms with Gasteiger partial charge in [-0.25, -0.2) is 14.5 Å². The van der Waals surface area contributed by atoms with E-state index in [2.05, 4.69) is 21.0 Å². The lowest BCUT2D eigenvalue weighted by Gasteiger charge is -2.14. The van der Waals surface area contributed by atoms with Gasteiger partial charge in [0.15, 0.2) is 17.3 Å². The molecule has 0 fully saturated rings. The summed E-state index contributed by atoms with van der Waals surface area (Å²) >= 11 is 0. The van der Waals surface area contributed by atoms with E-state index in [1.54, 1.807) is 35.2 Å². The fraction of sp³-hybridized carbons (Fsp3) is 0.0833. The number of nitriles is 1. The minimum Gasteiger partial charge on any atom is -0.381 e. The van der Waals surface area contributed by atoms with Crippen molar-refractivity contribution in [2.45, 2.75) is 13.3 Å². The highest BCUT2D eigenvalue weighted by molar-refractivity contribution is 5.84. The molecular weight excluding hydrogens is 400 g/mol. The average molecular weight is 418 g/mol. The maximum atomic E-state index is 9.37. The molecular formula is C24H18N8. The summed E-state index contributed by atoms with van der Waals surface area (Å²) in [4.78, 5) is 17.9. The van der Waals surface area contributed by atoms with Crippen LogP contribution in [-0.2, 0) is 6.42 Å². The summed E-state index contributed by atoms with van der Waals surface area (Å²) < 4.78 is 1.73. The number of nitrogens with two attached hydrogens (primary N) is 1. The van der Waals surface area contributed by atoms with Crippen LogP contribution in [0.25, 0.3) is 28.2 Å². The summed E-state index contributed by atoms with van der Waals surface area (Å²) in [6.45, 7) is 1.98. The Kier molecular flexibility index (Phi) is 4.76. The number of hydrogen-bond donors (Lipinski definition) is 1. The molecule has 0 saturated heterocycles. The van der Waals surface area contributed by atoms with E-state index in [9.17, 15) is 5.26 Å². The summed E-state index contributed by atoms with van der Waals surface area (Å²) in [7, 11) is 0. The van der Waals surface area contributed by atoms with Gasteiger partial charge in [-0.2, -0.15) is 10.4 Å². The number of rotatable bonds is 4. The van der Waals surface area contributed by atoms with Crippen molar-refractivity contribution in [2.24, 2.45) is 0 Å². The van der Waals surface area contributed by atoms with E-state index in [-0.39, 0.29) is 5.82 Å². The first-order chi connectivity index (χ1) is 15.6. The maximum Gasteiger partial charge on any atom is 0.198 e. The number of pyridine rings is 2. The van der Waals surface area contributed by atoms with Crippen LogP contribution in [0.5, 0.6) is 0 Å². The predicted molar refractivity (Wildman–Crippen MR) is 120 cm³/mol. The average Bonchev–Trinajstić information content (AvgIpc) is 3.24. The smallest absolute Gasteiger partial charge is 0.198 e. The van der Waals surface area contributed by atoms with Crippen LogP contribution >= 0.6 is 0 Å². The number of benzene rings is 1. The van der Waals surface area contributed by atoms with Crippen molar-refractivity contribution in [3.05, 3.63) is 89.8 Å². The van der Waals surface area contributed by atoms with Gasteiger partial charge in [-0.3, -0.25) is 9.97 Å². The molecule has 8 heteroatoms. The van der Waals surface area contributed by atoms with Crippen molar-refractivity contribution in [1.29, 1.82) is 5.26 Å². The van der Waals surface area contributed by atoms with Gasteiger partial charge >= 0.3 is 0 Å². The summed E-state index contributed by atoms with van der Waals surface area (Å²) in [5.41, 5.74) is 12.2. The van der Waals surface area contributed by atoms with E-state index in [0.29, 0.717) is 29.1 Å². The first-order valence-electron chi connectivity index (χ1n) is 10.0. The molecule has 0 unspecified atom stereocenters. The van der Waals surface area contributed by atoms with Crippen molar-refractivity contribution >= 4 is 11.5 Å². The van der Waals surface area contributed by atoms with Crippen molar-refractivity contribution in [1.82, 2.24) is 29.5 Å². The van der Waals surface area contributed by atoms with Gasteiger partial charge in [-0.15, -0.1) is 0 Å². The number of nitrogens with zero attached hydrogens (tertiary/aromatic N) is 7. The van der Waals surface area contributed by atoms with Crippen molar-refractivity contribution in [3.63, 3.8) is 0 Å². The van der Waals surface area contributed by atoms with Crippen LogP contribution in [0.2, 0.25) is 0 Å². The molecule has 0 aliphatic carbocycles. The zero-order chi connectivity index (χ0) is 22.1. The van der Waals surface area contributed by atoms with Crippen molar-refractivity contribution in [2.75, 3.05) is 5.73 Å². The fourth-order valence-electron chi connectivity index (χ4n) is 3.66. The topological polar surface area (TPSA) is 119 Å². The standard InChI is InChI=1S/C24H18N8/c1-15-14-27-10-8-19(15)22-21(17-6-4-5-16(11-17)13-25)30-23(26)24-29-20(31-32(22)24)12-18-7-2-3-9-28-18/h2-11,14H,12H2,1H3,(H2,26,30). The highest BCUT2D eigenvalue weighted by atomic mass is 15.3. The Morgan fingerprint density at radius 3 is 2.75 bits per heavy atom. The summed E-state index contributed by atoms with van der Waals surface area (Å²) in [5, 5.41) is 14.1. The normalized spacial score (nSPS) is 10.9. The Hall–Kier alpha value is -4.64. The van der Waals surface area contributed by atoms with E-state index in [0.717, 1.165) is 28.1 Å². The summed E-state index contributed by atoms with van der Waals surface area (Å²) in [6, 6.07) is 17.1. The first kappa shape index (κ1) is 19.3. The fourth-order valence-corrected chi connectivity index (χ4v) is 3.66. The first-order valence-corrected chi connectivity index (χ1v) is 10.0. The van der Waals surface area contributed by atoms with E-state index in [4.69, 9.17) is 15.8 Å². The number of aromatic nitrogens is 6. The molecule has 8 nitrogen and oxygen atoms in total. The highest BCUT2D eigenvalue weighted by Gasteiger charge is 2.21. The van der Waals surface area contributed by atoms with Crippen LogP contribution in [-0.4, -0.2) is 29.5 Å². The molecule has 1 aromatic carbocycles. The maximum absolute atomic E-state index is 9.37. The molecule has 2 N–H and O–H groups in total. The highest BCUT2D eigenvalue weighted by Crippen LogP contribution is 2.34. The van der Waals surface area contributed by atoms with Gasteiger partial charge in [0.05, 0.1) is 23.7 Å². The number of anilines is 1. The Balaban J connectivity index is 1.79. The molecule has 0 bridgehead atoms. The molecule has 0 radical (unpaired) electrons. The SMILES string of the molecule is Cc1cnccc1-c1c(-c2cccc(C#N)c2)nc(N)c2nc(Cc3ccccn3)nn12. The Morgan fingerprint density at radius 1 is 1.06 bits per heavy atom. The number of fused-ring (bicyclic) bond motifs is 1. The number of hydrogen-bond acceptors (Lipinski definition) is 7. The van der Waals surface area contributed by atoms with E-state index in [1.165, 1.54) is 0 Å². The monoisotopic (exact) mass is 418 g/mol. The van der Waals surface area contributed by atoms with E-state index < -0.39 is 0 Å². The lowest BCUT2D eigenvalue weighted by Crippen LogP contribution is -2.06. The van der Waals surface area contributed by atoms with Gasteiger partial charge in [0.25, 0.3) is 0 Å². The Bertz CT molecular complexity index is 1480. The summed E-state index contributed by atoms with van der Waals surface area (Å²) in [6.07, 6.45) is 5.73. The second kappa shape index (κ2) is 7.89. The van der Waals surface area contributed by atoms with Gasteiger partial charge in [-0.05, 0) is 42.8 Å². The van der Waals surface area contributed by atoms with Crippen LogP contribution in [0.4, 0.5) is 5.82 Å². The molecule has 0 atom stereocenters. The zero-order valence-electron chi connectivity index (χ0n) is 17.3. The summed E-state index contributed by atoms with van der Waals surface area (Å²) in [5.74, 6) is 0.852. The second-order valence-corrected chi connectivity index (χ2v) is 7.34. The largest absolute Gasteiger partial charge is 0.381 e. The minimum absolute atomic E-state index is 0.262. The lowest BCUT2D eigenvalue weighted by molar-refractivity contribution is 0.888. The molecule has 5 aromatic rings. The molecule has 0 saturated carbocycles. The van der Waals surface area contributed by atoms with Gasteiger partial charge in [-0.1, -0.05) is 18.2 Å². The molecule has 0 spiro atoms. The lowest BCUT2D eigenvalue weighted by atomic mass is 10.0. The Labute approximate surface area is 184 Å². The van der Waals surface area contributed by atoms with Crippen LogP contribution in [0.1, 0.15) is 22.6 Å². The van der Waals surface area contributed by atoms with Gasteiger partial charge in [0, 0.05) is 35.4 Å². The van der Waals surface area contributed by atoms with Crippen molar-refractivity contribution < 1.29 is 0 Å². The third kappa shape index (κ3) is 3.42. The quantitative estimate of drug-likeness (QED) is 0.473. The molecule has 32 heavy (non-hydrogen) atoms. The van der Waals surface area contributed by atoms with Crippen LogP contribution in [0.3, 0.4) is 0 Å².